The summed E-state index contributed by atoms with van der Waals surface area (Å²) < 4.78 is 12.2. The van der Waals surface area contributed by atoms with Gasteiger partial charge in [-0.25, -0.2) is 0 Å². The molecule has 1 aromatic carbocycles. The molecule has 1 aliphatic rings. The van der Waals surface area contributed by atoms with Crippen LogP contribution in [0.3, 0.4) is 0 Å². The van der Waals surface area contributed by atoms with Crippen molar-refractivity contribution in [3.63, 3.8) is 0 Å². The van der Waals surface area contributed by atoms with Gasteiger partial charge in [0.1, 0.15) is 0 Å². The van der Waals surface area contributed by atoms with Gasteiger partial charge in [-0.15, -0.1) is 0 Å². The number of benzene rings is 1. The van der Waals surface area contributed by atoms with Crippen molar-refractivity contribution in [1.29, 1.82) is 0 Å². The van der Waals surface area contributed by atoms with Gasteiger partial charge in [0.25, 0.3) is 0 Å². The van der Waals surface area contributed by atoms with Gasteiger partial charge in [-0.2, -0.15) is 0 Å². The molecule has 4 unspecified atom stereocenters. The van der Waals surface area contributed by atoms with Crippen molar-refractivity contribution in [2.75, 3.05) is 7.05 Å². The Kier molecular flexibility index (Phi) is 2.94. The van der Waals surface area contributed by atoms with Crippen molar-refractivity contribution in [1.82, 2.24) is 5.32 Å². The van der Waals surface area contributed by atoms with Gasteiger partial charge in [0.05, 0.1) is 10.8 Å². The fraction of sp³-hybridized carbons (Fsp3) is 0.500. The molecule has 1 aromatic rings. The van der Waals surface area contributed by atoms with Crippen LogP contribution in [0.25, 0.3) is 0 Å². The molecule has 3 heteroatoms. The van der Waals surface area contributed by atoms with Crippen LogP contribution in [-0.2, 0) is 10.8 Å². The average Bonchev–Trinajstić information content (AvgIpc) is 2.27. The first-order chi connectivity index (χ1) is 7.16. The maximum atomic E-state index is 12.2. The lowest BCUT2D eigenvalue weighted by molar-refractivity contribution is 0.389. The monoisotopic (exact) mass is 223 g/mol. The van der Waals surface area contributed by atoms with E-state index in [0.29, 0.717) is 12.0 Å². The molecule has 0 radical (unpaired) electrons. The third kappa shape index (κ3) is 1.64. The molecule has 4 atom stereocenters. The second kappa shape index (κ2) is 4.06. The second-order valence-corrected chi connectivity index (χ2v) is 5.94. The van der Waals surface area contributed by atoms with Crippen LogP contribution in [0.15, 0.2) is 29.2 Å². The molecule has 0 aliphatic carbocycles. The first-order valence-electron chi connectivity index (χ1n) is 5.33. The van der Waals surface area contributed by atoms with E-state index < -0.39 is 10.8 Å². The van der Waals surface area contributed by atoms with E-state index >= 15 is 0 Å². The van der Waals surface area contributed by atoms with Crippen molar-refractivity contribution in [2.45, 2.75) is 30.0 Å². The second-order valence-electron chi connectivity index (χ2n) is 4.17. The van der Waals surface area contributed by atoms with Crippen LogP contribution in [-0.4, -0.2) is 16.5 Å². The summed E-state index contributed by atoms with van der Waals surface area (Å²) in [4.78, 5) is 1.00. The number of nitrogens with one attached hydrogen (secondary N) is 1. The van der Waals surface area contributed by atoms with Crippen molar-refractivity contribution >= 4 is 10.8 Å². The molecule has 0 saturated carbocycles. The summed E-state index contributed by atoms with van der Waals surface area (Å²) >= 11 is 0. The number of rotatable bonds is 1. The van der Waals surface area contributed by atoms with E-state index in [9.17, 15) is 4.21 Å². The van der Waals surface area contributed by atoms with Crippen LogP contribution in [0.1, 0.15) is 25.5 Å². The highest BCUT2D eigenvalue weighted by Crippen LogP contribution is 2.37. The zero-order valence-electron chi connectivity index (χ0n) is 9.36. The van der Waals surface area contributed by atoms with Gasteiger partial charge in [-0.05, 0) is 24.6 Å². The Morgan fingerprint density at radius 3 is 2.60 bits per heavy atom. The fourth-order valence-corrected chi connectivity index (χ4v) is 3.88. The number of hydrogen-bond acceptors (Lipinski definition) is 2. The van der Waals surface area contributed by atoms with Crippen molar-refractivity contribution in [3.8, 4) is 0 Å². The molecule has 0 fully saturated rings. The number of fused-ring (bicyclic) bond motifs is 1. The van der Waals surface area contributed by atoms with Crippen LogP contribution in [0.4, 0.5) is 0 Å². The normalized spacial score (nSPS) is 34.9. The summed E-state index contributed by atoms with van der Waals surface area (Å²) in [7, 11) is 1.12. The Morgan fingerprint density at radius 2 is 1.93 bits per heavy atom. The lowest BCUT2D eigenvalue weighted by Crippen LogP contribution is -2.37. The lowest BCUT2D eigenvalue weighted by Gasteiger charge is -2.35. The Labute approximate surface area is 93.5 Å². The summed E-state index contributed by atoms with van der Waals surface area (Å²) in [5.41, 5.74) is 1.20. The van der Waals surface area contributed by atoms with E-state index in [2.05, 4.69) is 25.2 Å². The zero-order chi connectivity index (χ0) is 11.0. The van der Waals surface area contributed by atoms with E-state index in [1.54, 1.807) is 0 Å². The molecule has 82 valence electrons. The highest BCUT2D eigenvalue weighted by atomic mass is 32.2. The standard InChI is InChI=1S/C12H17NOS/c1-8-9(2)15(14)11-7-5-4-6-10(11)12(8)13-3/h4-9,12-13H,1-3H3. The van der Waals surface area contributed by atoms with E-state index in [4.69, 9.17) is 0 Å². The summed E-state index contributed by atoms with van der Waals surface area (Å²) in [6, 6.07) is 8.37. The van der Waals surface area contributed by atoms with Crippen LogP contribution in [0.5, 0.6) is 0 Å². The molecule has 0 amide bonds. The largest absolute Gasteiger partial charge is 0.313 e. The minimum atomic E-state index is -0.852. The Hall–Kier alpha value is -0.670. The molecule has 1 N–H and O–H groups in total. The Bertz CT molecular complexity index is 391. The smallest absolute Gasteiger partial charge is 0.0564 e. The van der Waals surface area contributed by atoms with Gasteiger partial charge in [0, 0.05) is 16.2 Å². The van der Waals surface area contributed by atoms with Gasteiger partial charge >= 0.3 is 0 Å². The minimum absolute atomic E-state index is 0.220. The topological polar surface area (TPSA) is 29.1 Å². The van der Waals surface area contributed by atoms with E-state index in [-0.39, 0.29) is 5.25 Å². The Balaban J connectivity index is 2.55. The summed E-state index contributed by atoms with van der Waals surface area (Å²) in [6.07, 6.45) is 0. The van der Waals surface area contributed by atoms with E-state index in [1.807, 2.05) is 25.2 Å². The van der Waals surface area contributed by atoms with Crippen LogP contribution >= 0.6 is 0 Å². The van der Waals surface area contributed by atoms with Gasteiger partial charge in [0.2, 0.25) is 0 Å². The van der Waals surface area contributed by atoms with Crippen molar-refractivity contribution in [3.05, 3.63) is 29.8 Å². The average molecular weight is 223 g/mol. The van der Waals surface area contributed by atoms with Crippen molar-refractivity contribution < 1.29 is 4.21 Å². The minimum Gasteiger partial charge on any atom is -0.313 e. The molecule has 15 heavy (non-hydrogen) atoms. The van der Waals surface area contributed by atoms with Gasteiger partial charge in [-0.1, -0.05) is 32.0 Å². The third-order valence-electron chi connectivity index (χ3n) is 3.39. The van der Waals surface area contributed by atoms with Crippen molar-refractivity contribution in [2.24, 2.45) is 5.92 Å². The predicted molar refractivity (Wildman–Crippen MR) is 63.3 cm³/mol. The molecular formula is C12H17NOS. The molecule has 1 aliphatic heterocycles. The molecular weight excluding hydrogens is 206 g/mol. The maximum absolute atomic E-state index is 12.2. The first kappa shape index (κ1) is 10.8. The maximum Gasteiger partial charge on any atom is 0.0564 e. The molecule has 0 saturated heterocycles. The SMILES string of the molecule is CNC1c2ccccc2S(=O)C(C)C1C. The Morgan fingerprint density at radius 1 is 1.27 bits per heavy atom. The fourth-order valence-electron chi connectivity index (χ4n) is 2.29. The third-order valence-corrected chi connectivity index (χ3v) is 5.30. The summed E-state index contributed by atoms with van der Waals surface area (Å²) in [5.74, 6) is 0.408. The zero-order valence-corrected chi connectivity index (χ0v) is 10.2. The molecule has 2 nitrogen and oxygen atoms in total. The van der Waals surface area contributed by atoms with Gasteiger partial charge < -0.3 is 5.32 Å². The number of hydrogen-bond donors (Lipinski definition) is 1. The van der Waals surface area contributed by atoms with Crippen LogP contribution in [0, 0.1) is 5.92 Å². The van der Waals surface area contributed by atoms with Gasteiger partial charge in [-0.3, -0.25) is 4.21 Å². The summed E-state index contributed by atoms with van der Waals surface area (Å²) in [5, 5.41) is 3.55. The molecule has 1 heterocycles. The highest BCUT2D eigenvalue weighted by molar-refractivity contribution is 7.85. The molecule has 0 spiro atoms. The highest BCUT2D eigenvalue weighted by Gasteiger charge is 2.35. The van der Waals surface area contributed by atoms with E-state index in [0.717, 1.165) is 4.90 Å². The van der Waals surface area contributed by atoms with Crippen LogP contribution in [0.2, 0.25) is 0 Å². The lowest BCUT2D eigenvalue weighted by atomic mass is 9.91. The summed E-state index contributed by atoms with van der Waals surface area (Å²) in [6.45, 7) is 4.24. The molecule has 0 bridgehead atoms. The predicted octanol–water partition coefficient (Wildman–Crippen LogP) is 2.09. The quantitative estimate of drug-likeness (QED) is 0.790. The van der Waals surface area contributed by atoms with Crippen LogP contribution < -0.4 is 5.32 Å². The van der Waals surface area contributed by atoms with E-state index in [1.165, 1.54) is 5.56 Å². The van der Waals surface area contributed by atoms with Gasteiger partial charge in [0.15, 0.2) is 0 Å². The first-order valence-corrected chi connectivity index (χ1v) is 6.55. The molecule has 2 rings (SSSR count). The molecule has 0 aromatic heterocycles.